The van der Waals surface area contributed by atoms with Crippen molar-refractivity contribution in [2.75, 3.05) is 7.11 Å². The summed E-state index contributed by atoms with van der Waals surface area (Å²) < 4.78 is 6.76. The molecule has 0 bridgehead atoms. The van der Waals surface area contributed by atoms with E-state index in [9.17, 15) is 4.79 Å². The van der Waals surface area contributed by atoms with Gasteiger partial charge >= 0.3 is 5.97 Å². The number of carbonyl (C=O) groups is 1. The molecule has 0 unspecified atom stereocenters. The van der Waals surface area contributed by atoms with Gasteiger partial charge in [-0.15, -0.1) is 10.2 Å². The number of carbonyl (C=O) groups excluding carboxylic acids is 1. The number of aromatic nitrogens is 3. The number of esters is 1. The fourth-order valence-electron chi connectivity index (χ4n) is 2.77. The maximum atomic E-state index is 12.2. The molecule has 23 heavy (non-hydrogen) atoms. The van der Waals surface area contributed by atoms with Gasteiger partial charge in [-0.25, -0.2) is 4.79 Å². The highest BCUT2D eigenvalue weighted by atomic mass is 16.5. The zero-order valence-corrected chi connectivity index (χ0v) is 12.4. The first kappa shape index (κ1) is 13.5. The molecule has 5 nitrogen and oxygen atoms in total. The summed E-state index contributed by atoms with van der Waals surface area (Å²) in [7, 11) is 1.38. The van der Waals surface area contributed by atoms with E-state index >= 15 is 0 Å². The molecule has 0 saturated heterocycles. The van der Waals surface area contributed by atoms with Crippen LogP contribution in [0.4, 0.5) is 0 Å². The van der Waals surface area contributed by atoms with Crippen LogP contribution in [0, 0.1) is 0 Å². The van der Waals surface area contributed by atoms with E-state index in [1.807, 2.05) is 59.0 Å². The summed E-state index contributed by atoms with van der Waals surface area (Å²) in [5, 5.41) is 10.3. The summed E-state index contributed by atoms with van der Waals surface area (Å²) in [6, 6.07) is 17.4. The first-order valence-corrected chi connectivity index (χ1v) is 7.20. The Labute approximate surface area is 132 Å². The van der Waals surface area contributed by atoms with Crippen LogP contribution in [0.15, 0.2) is 60.8 Å². The Morgan fingerprint density at radius 2 is 1.65 bits per heavy atom. The second-order valence-electron chi connectivity index (χ2n) is 5.16. The molecule has 0 aliphatic carbocycles. The van der Waals surface area contributed by atoms with Crippen LogP contribution < -0.4 is 0 Å². The second kappa shape index (κ2) is 5.21. The van der Waals surface area contributed by atoms with E-state index < -0.39 is 0 Å². The number of methoxy groups -OCH3 is 1. The van der Waals surface area contributed by atoms with Gasteiger partial charge in [-0.05, 0) is 0 Å². The van der Waals surface area contributed by atoms with E-state index in [1.165, 1.54) is 7.11 Å². The van der Waals surface area contributed by atoms with Gasteiger partial charge < -0.3 is 4.74 Å². The van der Waals surface area contributed by atoms with Crippen molar-refractivity contribution < 1.29 is 9.53 Å². The summed E-state index contributed by atoms with van der Waals surface area (Å²) in [5.41, 5.74) is 2.14. The van der Waals surface area contributed by atoms with Crippen molar-refractivity contribution in [3.63, 3.8) is 0 Å². The lowest BCUT2D eigenvalue weighted by Crippen LogP contribution is -2.05. The van der Waals surface area contributed by atoms with Crippen LogP contribution in [-0.2, 0) is 4.74 Å². The summed E-state index contributed by atoms with van der Waals surface area (Å²) in [5.74, 6) is 0.312. The first-order valence-electron chi connectivity index (χ1n) is 7.20. The molecule has 0 aliphatic heterocycles. The molecule has 0 radical (unpaired) electrons. The number of hydrogen-bond donors (Lipinski definition) is 0. The molecule has 112 valence electrons. The lowest BCUT2D eigenvalue weighted by atomic mass is 10.1. The smallest absolute Gasteiger partial charge is 0.340 e. The number of rotatable bonds is 2. The largest absolute Gasteiger partial charge is 0.465 e. The van der Waals surface area contributed by atoms with Crippen LogP contribution in [0.3, 0.4) is 0 Å². The average Bonchev–Trinajstić information content (AvgIpc) is 3.05. The van der Waals surface area contributed by atoms with Crippen molar-refractivity contribution in [3.8, 4) is 11.4 Å². The monoisotopic (exact) mass is 303 g/mol. The van der Waals surface area contributed by atoms with Crippen molar-refractivity contribution in [2.45, 2.75) is 0 Å². The number of fused-ring (bicyclic) bond motifs is 3. The van der Waals surface area contributed by atoms with Crippen LogP contribution in [0.2, 0.25) is 0 Å². The van der Waals surface area contributed by atoms with E-state index in [2.05, 4.69) is 10.2 Å². The third kappa shape index (κ3) is 2.05. The van der Waals surface area contributed by atoms with Crippen molar-refractivity contribution >= 4 is 22.4 Å². The van der Waals surface area contributed by atoms with Gasteiger partial charge in [0, 0.05) is 22.5 Å². The number of ether oxygens (including phenoxy) is 1. The molecule has 0 spiro atoms. The molecule has 0 aliphatic rings. The van der Waals surface area contributed by atoms with Gasteiger partial charge in [0.15, 0.2) is 11.5 Å². The average molecular weight is 303 g/mol. The van der Waals surface area contributed by atoms with Gasteiger partial charge in [-0.3, -0.25) is 4.40 Å². The molecule has 0 amide bonds. The highest BCUT2D eigenvalue weighted by molar-refractivity contribution is 6.08. The molecule has 2 heterocycles. The fourth-order valence-corrected chi connectivity index (χ4v) is 2.77. The number of benzene rings is 2. The van der Waals surface area contributed by atoms with Crippen LogP contribution in [0.25, 0.3) is 27.8 Å². The Balaban J connectivity index is 2.11. The molecule has 2 aromatic carbocycles. The van der Waals surface area contributed by atoms with Crippen molar-refractivity contribution in [2.24, 2.45) is 0 Å². The molecular weight excluding hydrogens is 290 g/mol. The van der Waals surface area contributed by atoms with E-state index in [0.717, 1.165) is 16.3 Å². The third-order valence-corrected chi connectivity index (χ3v) is 3.85. The molecule has 2 aromatic heterocycles. The van der Waals surface area contributed by atoms with E-state index in [-0.39, 0.29) is 5.97 Å². The van der Waals surface area contributed by atoms with E-state index in [1.54, 1.807) is 6.20 Å². The van der Waals surface area contributed by atoms with Crippen LogP contribution in [-0.4, -0.2) is 27.7 Å². The zero-order chi connectivity index (χ0) is 15.8. The summed E-state index contributed by atoms with van der Waals surface area (Å²) >= 11 is 0. The predicted octanol–water partition coefficient (Wildman–Crippen LogP) is 3.34. The van der Waals surface area contributed by atoms with Crippen LogP contribution >= 0.6 is 0 Å². The van der Waals surface area contributed by atoms with Gasteiger partial charge in [0.25, 0.3) is 0 Å². The lowest BCUT2D eigenvalue weighted by Gasteiger charge is -2.08. The maximum Gasteiger partial charge on any atom is 0.340 e. The minimum atomic E-state index is -0.379. The minimum absolute atomic E-state index is 0.379. The van der Waals surface area contributed by atoms with Gasteiger partial charge in [0.2, 0.25) is 0 Å². The highest BCUT2D eigenvalue weighted by Crippen LogP contribution is 2.27. The molecule has 4 rings (SSSR count). The summed E-state index contributed by atoms with van der Waals surface area (Å²) in [6.45, 7) is 0. The second-order valence-corrected chi connectivity index (χ2v) is 5.16. The van der Waals surface area contributed by atoms with Crippen LogP contribution in [0.1, 0.15) is 10.4 Å². The normalized spacial score (nSPS) is 11.0. The number of hydrogen-bond acceptors (Lipinski definition) is 4. The molecule has 0 atom stereocenters. The maximum absolute atomic E-state index is 12.2. The molecule has 0 fully saturated rings. The van der Waals surface area contributed by atoms with Crippen LogP contribution in [0.5, 0.6) is 0 Å². The lowest BCUT2D eigenvalue weighted by molar-refractivity contribution is 0.0602. The fraction of sp³-hybridized carbons (Fsp3) is 0.0556. The van der Waals surface area contributed by atoms with E-state index in [0.29, 0.717) is 17.0 Å². The van der Waals surface area contributed by atoms with Crippen molar-refractivity contribution in [1.82, 2.24) is 14.6 Å². The highest BCUT2D eigenvalue weighted by Gasteiger charge is 2.17. The minimum Gasteiger partial charge on any atom is -0.465 e. The number of nitrogens with zero attached hydrogens (tertiary/aromatic N) is 3. The third-order valence-electron chi connectivity index (χ3n) is 3.85. The Kier molecular flexibility index (Phi) is 3.05. The first-order chi connectivity index (χ1) is 11.3. The topological polar surface area (TPSA) is 56.5 Å². The van der Waals surface area contributed by atoms with Gasteiger partial charge in [0.1, 0.15) is 0 Å². The number of pyridine rings is 1. The SMILES string of the molecule is COC(=O)c1cn2c(-c3ccccc3)nnc2c2ccccc12. The Hall–Kier alpha value is -3.21. The quantitative estimate of drug-likeness (QED) is 0.533. The molecule has 4 aromatic rings. The predicted molar refractivity (Wildman–Crippen MR) is 87.3 cm³/mol. The summed E-state index contributed by atoms with van der Waals surface area (Å²) in [6.07, 6.45) is 1.74. The Morgan fingerprint density at radius 1 is 0.957 bits per heavy atom. The summed E-state index contributed by atoms with van der Waals surface area (Å²) in [4.78, 5) is 12.2. The standard InChI is InChI=1S/C18H13N3O2/c1-23-18(22)15-11-21-16(12-7-3-2-4-8-12)19-20-17(21)14-10-6-5-9-13(14)15/h2-11H,1H3. The van der Waals surface area contributed by atoms with E-state index in [4.69, 9.17) is 4.74 Å². The molecule has 0 saturated carbocycles. The van der Waals surface area contributed by atoms with Gasteiger partial charge in [-0.2, -0.15) is 0 Å². The van der Waals surface area contributed by atoms with Gasteiger partial charge in [0.05, 0.1) is 12.7 Å². The van der Waals surface area contributed by atoms with Crippen molar-refractivity contribution in [1.29, 1.82) is 0 Å². The van der Waals surface area contributed by atoms with Gasteiger partial charge in [-0.1, -0.05) is 54.6 Å². The Morgan fingerprint density at radius 3 is 2.39 bits per heavy atom. The molecular formula is C18H13N3O2. The van der Waals surface area contributed by atoms with Crippen molar-refractivity contribution in [3.05, 3.63) is 66.4 Å². The zero-order valence-electron chi connectivity index (χ0n) is 12.4. The Bertz CT molecular complexity index is 1020. The molecule has 0 N–H and O–H groups in total. The molecule has 5 heteroatoms.